The Morgan fingerprint density at radius 2 is 1.77 bits per heavy atom. The summed E-state index contributed by atoms with van der Waals surface area (Å²) >= 11 is 1.10. The van der Waals surface area contributed by atoms with Gasteiger partial charge in [0.05, 0.1) is 35.6 Å². The van der Waals surface area contributed by atoms with E-state index in [1.54, 1.807) is 24.8 Å². The van der Waals surface area contributed by atoms with Crippen molar-refractivity contribution in [1.82, 2.24) is 0 Å². The number of hydrogen-bond donors (Lipinski definition) is 0. The van der Waals surface area contributed by atoms with Gasteiger partial charge in [-0.25, -0.2) is 4.79 Å². The topological polar surface area (TPSA) is 94.5 Å². The number of thiophene rings is 1. The highest BCUT2D eigenvalue weighted by atomic mass is 32.1. The fraction of sp³-hybridized carbons (Fsp3) is 0.474. The predicted octanol–water partition coefficient (Wildman–Crippen LogP) is 2.79. The molecule has 12 heteroatoms. The van der Waals surface area contributed by atoms with Gasteiger partial charge in [0.1, 0.15) is 0 Å². The maximum absolute atomic E-state index is 13.0. The monoisotopic (exact) mass is 460 g/mol. The van der Waals surface area contributed by atoms with Gasteiger partial charge in [-0.2, -0.15) is 13.2 Å². The highest BCUT2D eigenvalue weighted by molar-refractivity contribution is 7.17. The number of ether oxygens (including phenoxy) is 2. The molecule has 3 heterocycles. The SMILES string of the molecule is CCOC(=O)[C@H]1CN(c2ccc(C=C3C(=O)ON=C3C(F)(F)F)s2)C[C@@H]1C(=O)OCC. The summed E-state index contributed by atoms with van der Waals surface area (Å²) in [6, 6.07) is 3.17. The fourth-order valence-corrected chi connectivity index (χ4v) is 4.27. The summed E-state index contributed by atoms with van der Waals surface area (Å²) in [5.41, 5.74) is -2.07. The van der Waals surface area contributed by atoms with Crippen molar-refractivity contribution >= 4 is 46.0 Å². The van der Waals surface area contributed by atoms with Gasteiger partial charge in [-0.15, -0.1) is 11.3 Å². The third-order valence-corrected chi connectivity index (χ3v) is 5.77. The molecule has 0 saturated carbocycles. The molecule has 0 unspecified atom stereocenters. The van der Waals surface area contributed by atoms with Gasteiger partial charge in [0.25, 0.3) is 0 Å². The van der Waals surface area contributed by atoms with Crippen LogP contribution in [0.3, 0.4) is 0 Å². The minimum absolute atomic E-state index is 0.167. The Morgan fingerprint density at radius 3 is 2.29 bits per heavy atom. The summed E-state index contributed by atoms with van der Waals surface area (Å²) in [7, 11) is 0. The molecule has 0 aromatic carbocycles. The average Bonchev–Trinajstić information content (AvgIpc) is 3.41. The predicted molar refractivity (Wildman–Crippen MR) is 104 cm³/mol. The van der Waals surface area contributed by atoms with Gasteiger partial charge in [0.15, 0.2) is 5.71 Å². The van der Waals surface area contributed by atoms with E-state index in [-0.39, 0.29) is 26.3 Å². The van der Waals surface area contributed by atoms with Crippen LogP contribution in [-0.2, 0) is 28.7 Å². The van der Waals surface area contributed by atoms with Crippen molar-refractivity contribution in [2.24, 2.45) is 17.0 Å². The largest absolute Gasteiger partial charge is 0.466 e. The van der Waals surface area contributed by atoms with Crippen LogP contribution in [0.2, 0.25) is 0 Å². The van der Waals surface area contributed by atoms with E-state index in [4.69, 9.17) is 9.47 Å². The van der Waals surface area contributed by atoms with Crippen LogP contribution in [0.15, 0.2) is 22.9 Å². The summed E-state index contributed by atoms with van der Waals surface area (Å²) < 4.78 is 49.1. The quantitative estimate of drug-likeness (QED) is 0.366. The van der Waals surface area contributed by atoms with E-state index >= 15 is 0 Å². The zero-order chi connectivity index (χ0) is 22.8. The van der Waals surface area contributed by atoms with Crippen LogP contribution in [0.5, 0.6) is 0 Å². The maximum Gasteiger partial charge on any atom is 0.437 e. The lowest BCUT2D eigenvalue weighted by atomic mass is 9.96. The van der Waals surface area contributed by atoms with Gasteiger partial charge in [0.2, 0.25) is 0 Å². The molecule has 1 saturated heterocycles. The zero-order valence-electron chi connectivity index (χ0n) is 16.6. The zero-order valence-corrected chi connectivity index (χ0v) is 17.4. The molecule has 8 nitrogen and oxygen atoms in total. The molecule has 0 N–H and O–H groups in total. The van der Waals surface area contributed by atoms with E-state index in [2.05, 4.69) is 9.99 Å². The lowest BCUT2D eigenvalue weighted by Crippen LogP contribution is -2.31. The summed E-state index contributed by atoms with van der Waals surface area (Å²) in [6.07, 6.45) is -3.77. The van der Waals surface area contributed by atoms with E-state index in [0.29, 0.717) is 9.88 Å². The molecule has 2 aliphatic rings. The first-order chi connectivity index (χ1) is 14.7. The van der Waals surface area contributed by atoms with E-state index in [9.17, 15) is 27.6 Å². The van der Waals surface area contributed by atoms with Crippen LogP contribution < -0.4 is 4.90 Å². The highest BCUT2D eigenvalue weighted by Crippen LogP contribution is 2.36. The third kappa shape index (κ3) is 4.89. The number of carbonyl (C=O) groups excluding carboxylic acids is 3. The Balaban J connectivity index is 1.82. The minimum Gasteiger partial charge on any atom is -0.466 e. The van der Waals surface area contributed by atoms with Crippen LogP contribution in [0.1, 0.15) is 18.7 Å². The number of esters is 2. The van der Waals surface area contributed by atoms with Crippen LogP contribution in [-0.4, -0.2) is 56.1 Å². The molecule has 2 aliphatic heterocycles. The van der Waals surface area contributed by atoms with E-state index in [1.165, 1.54) is 6.07 Å². The molecule has 0 bridgehead atoms. The van der Waals surface area contributed by atoms with E-state index in [0.717, 1.165) is 17.4 Å². The molecular formula is C19H19F3N2O6S. The number of alkyl halides is 3. The van der Waals surface area contributed by atoms with Gasteiger partial charge in [0, 0.05) is 18.0 Å². The number of rotatable bonds is 6. The van der Waals surface area contributed by atoms with Crippen molar-refractivity contribution in [1.29, 1.82) is 0 Å². The van der Waals surface area contributed by atoms with Crippen molar-refractivity contribution in [2.75, 3.05) is 31.2 Å². The first-order valence-electron chi connectivity index (χ1n) is 9.42. The third-order valence-electron chi connectivity index (χ3n) is 4.67. The molecule has 0 spiro atoms. The summed E-state index contributed by atoms with van der Waals surface area (Å²) in [5, 5.41) is 3.42. The molecular weight excluding hydrogens is 441 g/mol. The molecule has 31 heavy (non-hydrogen) atoms. The second-order valence-corrected chi connectivity index (χ2v) is 7.77. The van der Waals surface area contributed by atoms with Crippen LogP contribution in [0, 0.1) is 11.8 Å². The summed E-state index contributed by atoms with van der Waals surface area (Å²) in [5.74, 6) is -3.66. The van der Waals surface area contributed by atoms with Gasteiger partial charge < -0.3 is 19.2 Å². The first kappa shape index (κ1) is 22.8. The van der Waals surface area contributed by atoms with Crippen molar-refractivity contribution in [3.63, 3.8) is 0 Å². The lowest BCUT2D eigenvalue weighted by Gasteiger charge is -2.15. The number of anilines is 1. The van der Waals surface area contributed by atoms with Crippen molar-refractivity contribution in [2.45, 2.75) is 20.0 Å². The average molecular weight is 460 g/mol. The second-order valence-electron chi connectivity index (χ2n) is 6.67. The fourth-order valence-electron chi connectivity index (χ4n) is 3.31. The van der Waals surface area contributed by atoms with Crippen LogP contribution >= 0.6 is 11.3 Å². The van der Waals surface area contributed by atoms with E-state index < -0.39 is 47.2 Å². The van der Waals surface area contributed by atoms with Gasteiger partial charge in [-0.05, 0) is 32.1 Å². The minimum atomic E-state index is -4.83. The molecule has 1 fully saturated rings. The molecule has 1 aromatic rings. The Hall–Kier alpha value is -2.89. The van der Waals surface area contributed by atoms with Crippen molar-refractivity contribution in [3.05, 3.63) is 22.6 Å². The number of carbonyl (C=O) groups is 3. The van der Waals surface area contributed by atoms with Crippen LogP contribution in [0.4, 0.5) is 18.2 Å². The number of hydrogen-bond acceptors (Lipinski definition) is 9. The Labute approximate surface area is 179 Å². The standard InChI is InChI=1S/C19H19F3N2O6S/c1-3-28-16(25)12-8-24(9-13(12)17(26)29-4-2)14-6-5-10(31-14)7-11-15(19(20,21)22)23-30-18(11)27/h5-7,12-13H,3-4,8-9H2,1-2H3/t12-,13-/m0/s1. The number of nitrogens with zero attached hydrogens (tertiary/aromatic N) is 2. The number of halogens is 3. The smallest absolute Gasteiger partial charge is 0.437 e. The molecule has 0 amide bonds. The number of oxime groups is 1. The lowest BCUT2D eigenvalue weighted by molar-refractivity contribution is -0.157. The Kier molecular flexibility index (Phi) is 6.68. The molecule has 3 rings (SSSR count). The van der Waals surface area contributed by atoms with Gasteiger partial charge in [-0.3, -0.25) is 9.59 Å². The molecule has 1 aromatic heterocycles. The normalized spacial score (nSPS) is 22.5. The molecule has 168 valence electrons. The van der Waals surface area contributed by atoms with Crippen LogP contribution in [0.25, 0.3) is 6.08 Å². The Bertz CT molecular complexity index is 913. The van der Waals surface area contributed by atoms with Gasteiger partial charge in [-0.1, -0.05) is 5.16 Å². The van der Waals surface area contributed by atoms with Crippen molar-refractivity contribution < 1.29 is 41.9 Å². The van der Waals surface area contributed by atoms with Crippen molar-refractivity contribution in [3.8, 4) is 0 Å². The first-order valence-corrected chi connectivity index (χ1v) is 10.2. The van der Waals surface area contributed by atoms with Gasteiger partial charge >= 0.3 is 24.1 Å². The second kappa shape index (κ2) is 9.08. The maximum atomic E-state index is 13.0. The molecule has 2 atom stereocenters. The highest BCUT2D eigenvalue weighted by Gasteiger charge is 2.46. The summed E-state index contributed by atoms with van der Waals surface area (Å²) in [6.45, 7) is 4.04. The summed E-state index contributed by atoms with van der Waals surface area (Å²) in [4.78, 5) is 42.5. The van der Waals surface area contributed by atoms with E-state index in [1.807, 2.05) is 0 Å². The Morgan fingerprint density at radius 1 is 1.19 bits per heavy atom. The molecule has 0 radical (unpaired) electrons. The molecule has 0 aliphatic carbocycles.